The predicted octanol–water partition coefficient (Wildman–Crippen LogP) is 1.28. The Morgan fingerprint density at radius 1 is 1.23 bits per heavy atom. The molecule has 0 aliphatic carbocycles. The van der Waals surface area contributed by atoms with E-state index in [1.54, 1.807) is 10.6 Å². The highest BCUT2D eigenvalue weighted by atomic mass is 16.3. The average Bonchev–Trinajstić information content (AvgIpc) is 2.28. The summed E-state index contributed by atoms with van der Waals surface area (Å²) in [4.78, 5) is 11.4. The van der Waals surface area contributed by atoms with E-state index >= 15 is 0 Å². The number of nitrogens with zero attached hydrogens (tertiary/aromatic N) is 1. The molecule has 0 fully saturated rings. The van der Waals surface area contributed by atoms with Gasteiger partial charge >= 0.3 is 0 Å². The highest BCUT2D eigenvalue weighted by Gasteiger charge is 2.09. The molecule has 13 heavy (non-hydrogen) atoms. The lowest BCUT2D eigenvalue weighted by Crippen LogP contribution is -2.21. The van der Waals surface area contributed by atoms with Gasteiger partial charge in [0.05, 0.1) is 0 Å². The van der Waals surface area contributed by atoms with Gasteiger partial charge in [0.2, 0.25) is 0 Å². The van der Waals surface area contributed by atoms with Gasteiger partial charge in [-0.25, -0.2) is 0 Å². The monoisotopic (exact) mass is 179 g/mol. The van der Waals surface area contributed by atoms with Gasteiger partial charge in [-0.2, -0.15) is 0 Å². The van der Waals surface area contributed by atoms with Crippen molar-refractivity contribution in [3.63, 3.8) is 0 Å². The third-order valence-electron chi connectivity index (χ3n) is 2.51. The summed E-state index contributed by atoms with van der Waals surface area (Å²) in [5.41, 5.74) is 0.902. The Bertz CT molecular complexity index is 368. The Morgan fingerprint density at radius 2 is 2.08 bits per heavy atom. The van der Waals surface area contributed by atoms with E-state index in [9.17, 15) is 9.90 Å². The highest BCUT2D eigenvalue weighted by Crippen LogP contribution is 2.15. The molecule has 0 radical (unpaired) electrons. The fraction of sp³-hybridized carbons (Fsp3) is 0.500. The van der Waals surface area contributed by atoms with Crippen LogP contribution in [0.1, 0.15) is 25.0 Å². The summed E-state index contributed by atoms with van der Waals surface area (Å²) in [5.74, 6) is 0.0955. The highest BCUT2D eigenvalue weighted by molar-refractivity contribution is 5.22. The molecule has 0 spiro atoms. The molecule has 0 unspecified atom stereocenters. The van der Waals surface area contributed by atoms with Gasteiger partial charge in [0.25, 0.3) is 5.56 Å². The minimum Gasteiger partial charge on any atom is -0.508 e. The summed E-state index contributed by atoms with van der Waals surface area (Å²) in [7, 11) is 0. The van der Waals surface area contributed by atoms with E-state index in [1.165, 1.54) is 12.5 Å². The summed E-state index contributed by atoms with van der Waals surface area (Å²) in [6.45, 7) is 0.800. The third kappa shape index (κ3) is 1.59. The lowest BCUT2D eigenvalue weighted by molar-refractivity contribution is 0.468. The number of hydrogen-bond donors (Lipinski definition) is 1. The molecule has 1 aliphatic heterocycles. The topological polar surface area (TPSA) is 42.2 Å². The molecule has 0 amide bonds. The molecule has 0 bridgehead atoms. The van der Waals surface area contributed by atoms with Crippen LogP contribution in [-0.2, 0) is 13.0 Å². The van der Waals surface area contributed by atoms with Crippen molar-refractivity contribution < 1.29 is 5.11 Å². The second-order valence-corrected chi connectivity index (χ2v) is 3.51. The number of aryl methyl sites for hydroxylation is 1. The Hall–Kier alpha value is -1.25. The molecule has 1 aromatic rings. The summed E-state index contributed by atoms with van der Waals surface area (Å²) in [6, 6.07) is 2.99. The van der Waals surface area contributed by atoms with E-state index in [1.807, 2.05) is 0 Å². The molecule has 3 heteroatoms. The number of fused-ring (bicyclic) bond motifs is 1. The van der Waals surface area contributed by atoms with Crippen LogP contribution in [0.5, 0.6) is 5.75 Å². The van der Waals surface area contributed by atoms with Crippen LogP contribution in [0.2, 0.25) is 0 Å². The normalized spacial score (nSPS) is 16.3. The van der Waals surface area contributed by atoms with Crippen molar-refractivity contribution in [3.8, 4) is 5.75 Å². The predicted molar refractivity (Wildman–Crippen MR) is 49.9 cm³/mol. The van der Waals surface area contributed by atoms with Crippen molar-refractivity contribution in [3.05, 3.63) is 28.2 Å². The lowest BCUT2D eigenvalue weighted by Gasteiger charge is -2.08. The first-order chi connectivity index (χ1) is 6.27. The van der Waals surface area contributed by atoms with Gasteiger partial charge in [-0.15, -0.1) is 0 Å². The van der Waals surface area contributed by atoms with Crippen LogP contribution in [0.15, 0.2) is 16.9 Å². The molecule has 0 aromatic carbocycles. The molecule has 1 aliphatic rings. The summed E-state index contributed by atoms with van der Waals surface area (Å²) in [5, 5.41) is 9.25. The number of aromatic nitrogens is 1. The van der Waals surface area contributed by atoms with E-state index in [0.29, 0.717) is 0 Å². The zero-order valence-electron chi connectivity index (χ0n) is 7.49. The molecule has 0 atom stereocenters. The van der Waals surface area contributed by atoms with E-state index in [-0.39, 0.29) is 11.3 Å². The number of rotatable bonds is 0. The van der Waals surface area contributed by atoms with Crippen molar-refractivity contribution in [1.29, 1.82) is 0 Å². The average molecular weight is 179 g/mol. The summed E-state index contributed by atoms with van der Waals surface area (Å²) >= 11 is 0. The number of pyridine rings is 1. The van der Waals surface area contributed by atoms with Crippen LogP contribution in [0.4, 0.5) is 0 Å². The van der Waals surface area contributed by atoms with E-state index in [4.69, 9.17) is 0 Å². The van der Waals surface area contributed by atoms with Crippen molar-refractivity contribution in [2.24, 2.45) is 0 Å². The molecule has 0 saturated carbocycles. The van der Waals surface area contributed by atoms with Gasteiger partial charge in [-0.1, -0.05) is 6.42 Å². The van der Waals surface area contributed by atoms with Crippen molar-refractivity contribution in [2.45, 2.75) is 32.2 Å². The van der Waals surface area contributed by atoms with Crippen LogP contribution in [-0.4, -0.2) is 9.67 Å². The molecule has 0 saturated heterocycles. The van der Waals surface area contributed by atoms with Crippen molar-refractivity contribution in [2.75, 3.05) is 0 Å². The fourth-order valence-corrected chi connectivity index (χ4v) is 1.85. The van der Waals surface area contributed by atoms with Gasteiger partial charge in [0.15, 0.2) is 0 Å². The van der Waals surface area contributed by atoms with Gasteiger partial charge < -0.3 is 9.67 Å². The second-order valence-electron chi connectivity index (χ2n) is 3.51. The Morgan fingerprint density at radius 3 is 2.92 bits per heavy atom. The Kier molecular flexibility index (Phi) is 2.08. The second kappa shape index (κ2) is 3.24. The fourth-order valence-electron chi connectivity index (χ4n) is 1.85. The third-order valence-corrected chi connectivity index (χ3v) is 2.51. The molecular weight excluding hydrogens is 166 g/mol. The SMILES string of the molecule is O=c1cc(O)cc2n1CCCCC2. The maximum Gasteiger partial charge on any atom is 0.254 e. The molecule has 3 nitrogen and oxygen atoms in total. The maximum atomic E-state index is 11.4. The molecule has 2 rings (SSSR count). The molecule has 2 heterocycles. The number of hydrogen-bond acceptors (Lipinski definition) is 2. The molecule has 1 aromatic heterocycles. The zero-order valence-corrected chi connectivity index (χ0v) is 7.49. The van der Waals surface area contributed by atoms with Crippen molar-refractivity contribution in [1.82, 2.24) is 4.57 Å². The zero-order chi connectivity index (χ0) is 9.26. The van der Waals surface area contributed by atoms with E-state index in [0.717, 1.165) is 31.5 Å². The lowest BCUT2D eigenvalue weighted by atomic mass is 10.2. The van der Waals surface area contributed by atoms with Crippen LogP contribution in [0.25, 0.3) is 0 Å². The van der Waals surface area contributed by atoms with Crippen LogP contribution < -0.4 is 5.56 Å². The quantitative estimate of drug-likeness (QED) is 0.652. The molecular formula is C10H13NO2. The van der Waals surface area contributed by atoms with Crippen molar-refractivity contribution >= 4 is 0 Å². The maximum absolute atomic E-state index is 11.4. The minimum atomic E-state index is -0.0723. The largest absolute Gasteiger partial charge is 0.508 e. The standard InChI is InChI=1S/C10H13NO2/c12-9-6-8-4-2-1-3-5-11(8)10(13)7-9/h6-7,12H,1-5H2. The minimum absolute atomic E-state index is 0.0723. The van der Waals surface area contributed by atoms with Gasteiger partial charge in [0.1, 0.15) is 5.75 Å². The van der Waals surface area contributed by atoms with Gasteiger partial charge in [-0.05, 0) is 25.3 Å². The molecule has 1 N–H and O–H groups in total. The smallest absolute Gasteiger partial charge is 0.254 e. The first-order valence-corrected chi connectivity index (χ1v) is 4.70. The first-order valence-electron chi connectivity index (χ1n) is 4.70. The van der Waals surface area contributed by atoms with E-state index in [2.05, 4.69) is 0 Å². The van der Waals surface area contributed by atoms with Crippen LogP contribution in [0, 0.1) is 0 Å². The van der Waals surface area contributed by atoms with Crippen LogP contribution in [0.3, 0.4) is 0 Å². The number of aromatic hydroxyl groups is 1. The Balaban J connectivity index is 2.53. The van der Waals surface area contributed by atoms with Crippen LogP contribution >= 0.6 is 0 Å². The van der Waals surface area contributed by atoms with Gasteiger partial charge in [0, 0.05) is 18.3 Å². The summed E-state index contributed by atoms with van der Waals surface area (Å²) in [6.07, 6.45) is 4.26. The van der Waals surface area contributed by atoms with Gasteiger partial charge in [-0.3, -0.25) is 4.79 Å². The summed E-state index contributed by atoms with van der Waals surface area (Å²) < 4.78 is 1.77. The Labute approximate surface area is 76.6 Å². The molecule has 70 valence electrons. The first kappa shape index (κ1) is 8.35. The van der Waals surface area contributed by atoms with E-state index < -0.39 is 0 Å².